The van der Waals surface area contributed by atoms with Crippen LogP contribution in [0, 0.1) is 0 Å². The Morgan fingerprint density at radius 1 is 1.32 bits per heavy atom. The van der Waals surface area contributed by atoms with Gasteiger partial charge in [0, 0.05) is 37.9 Å². The molecule has 1 N–H and O–H groups in total. The standard InChI is InChI=1S/C15H23N5O.ClH/c1-2-19-14(13-6-5-7-16-12-13)17-20(15(19)21)11-10-18-8-3-4-9-18;/h3-4,8-9,13,16H,2,5-7,10-12H2,1H3;1H. The fourth-order valence-corrected chi connectivity index (χ4v) is 3.00. The van der Waals surface area contributed by atoms with Crippen molar-refractivity contribution in [3.05, 3.63) is 40.8 Å². The van der Waals surface area contributed by atoms with E-state index in [1.807, 2.05) is 36.0 Å². The fraction of sp³-hybridized carbons (Fsp3) is 0.600. The van der Waals surface area contributed by atoms with Crippen molar-refractivity contribution in [3.8, 4) is 0 Å². The van der Waals surface area contributed by atoms with E-state index in [0.29, 0.717) is 19.0 Å². The van der Waals surface area contributed by atoms with Crippen molar-refractivity contribution in [1.82, 2.24) is 24.2 Å². The SMILES string of the molecule is CCn1c(C2CCCNC2)nn(CCn2cccc2)c1=O.Cl. The highest BCUT2D eigenvalue weighted by Crippen LogP contribution is 2.20. The number of halogens is 1. The number of piperidine rings is 1. The number of aromatic nitrogens is 4. The highest BCUT2D eigenvalue weighted by molar-refractivity contribution is 5.85. The summed E-state index contributed by atoms with van der Waals surface area (Å²) < 4.78 is 5.51. The van der Waals surface area contributed by atoms with Crippen molar-refractivity contribution in [2.24, 2.45) is 0 Å². The molecular formula is C15H24ClN5O. The van der Waals surface area contributed by atoms with Crippen LogP contribution >= 0.6 is 12.4 Å². The molecule has 1 atom stereocenters. The summed E-state index contributed by atoms with van der Waals surface area (Å²) in [4.78, 5) is 12.5. The van der Waals surface area contributed by atoms with E-state index in [1.165, 1.54) is 0 Å². The zero-order valence-corrected chi connectivity index (χ0v) is 13.8. The minimum atomic E-state index is 0. The van der Waals surface area contributed by atoms with E-state index in [-0.39, 0.29) is 18.1 Å². The molecule has 0 saturated carbocycles. The summed E-state index contributed by atoms with van der Waals surface area (Å²) in [7, 11) is 0. The van der Waals surface area contributed by atoms with Gasteiger partial charge in [0.25, 0.3) is 0 Å². The molecule has 2 aromatic rings. The molecule has 1 fully saturated rings. The van der Waals surface area contributed by atoms with Gasteiger partial charge in [-0.05, 0) is 38.4 Å². The molecule has 22 heavy (non-hydrogen) atoms. The van der Waals surface area contributed by atoms with Crippen molar-refractivity contribution in [3.63, 3.8) is 0 Å². The third kappa shape index (κ3) is 3.44. The first-order valence-electron chi connectivity index (χ1n) is 7.78. The summed E-state index contributed by atoms with van der Waals surface area (Å²) in [6.07, 6.45) is 6.28. The first-order valence-corrected chi connectivity index (χ1v) is 7.78. The maximum absolute atomic E-state index is 12.5. The Bertz CT molecular complexity index is 625. The molecule has 1 unspecified atom stereocenters. The third-order valence-electron chi connectivity index (χ3n) is 4.17. The molecule has 7 heteroatoms. The van der Waals surface area contributed by atoms with Crippen LogP contribution in [-0.4, -0.2) is 32.0 Å². The van der Waals surface area contributed by atoms with Gasteiger partial charge in [-0.25, -0.2) is 9.48 Å². The van der Waals surface area contributed by atoms with Gasteiger partial charge in [0.2, 0.25) is 0 Å². The molecule has 1 saturated heterocycles. The third-order valence-corrected chi connectivity index (χ3v) is 4.17. The van der Waals surface area contributed by atoms with Gasteiger partial charge in [0.05, 0.1) is 6.54 Å². The predicted molar refractivity (Wildman–Crippen MR) is 88.7 cm³/mol. The van der Waals surface area contributed by atoms with Crippen LogP contribution in [-0.2, 0) is 19.6 Å². The van der Waals surface area contributed by atoms with Crippen LogP contribution in [0.1, 0.15) is 31.5 Å². The smallest absolute Gasteiger partial charge is 0.345 e. The van der Waals surface area contributed by atoms with E-state index in [2.05, 4.69) is 15.0 Å². The fourth-order valence-electron chi connectivity index (χ4n) is 3.00. The minimum absolute atomic E-state index is 0. The largest absolute Gasteiger partial charge is 0.352 e. The molecule has 0 spiro atoms. The Morgan fingerprint density at radius 2 is 2.09 bits per heavy atom. The van der Waals surface area contributed by atoms with E-state index < -0.39 is 0 Å². The molecule has 0 radical (unpaired) electrons. The molecule has 3 heterocycles. The van der Waals surface area contributed by atoms with Crippen LogP contribution in [0.4, 0.5) is 0 Å². The van der Waals surface area contributed by atoms with Gasteiger partial charge in [-0.2, -0.15) is 5.10 Å². The Kier molecular flexibility index (Phi) is 5.85. The summed E-state index contributed by atoms with van der Waals surface area (Å²) in [5.74, 6) is 1.31. The average Bonchev–Trinajstić information content (AvgIpc) is 3.14. The summed E-state index contributed by atoms with van der Waals surface area (Å²) in [6.45, 7) is 6.09. The van der Waals surface area contributed by atoms with Gasteiger partial charge in [-0.3, -0.25) is 4.57 Å². The number of nitrogens with zero attached hydrogens (tertiary/aromatic N) is 4. The zero-order valence-electron chi connectivity index (χ0n) is 12.9. The molecule has 6 nitrogen and oxygen atoms in total. The Hall–Kier alpha value is -1.53. The maximum Gasteiger partial charge on any atom is 0.345 e. The van der Waals surface area contributed by atoms with E-state index in [9.17, 15) is 4.79 Å². The topological polar surface area (TPSA) is 56.8 Å². The van der Waals surface area contributed by atoms with Gasteiger partial charge in [-0.15, -0.1) is 12.4 Å². The van der Waals surface area contributed by atoms with E-state index in [0.717, 1.165) is 38.3 Å². The van der Waals surface area contributed by atoms with Crippen molar-refractivity contribution in [2.75, 3.05) is 13.1 Å². The van der Waals surface area contributed by atoms with Crippen LogP contribution in [0.25, 0.3) is 0 Å². The lowest BCUT2D eigenvalue weighted by molar-refractivity contribution is 0.429. The molecule has 1 aliphatic rings. The molecule has 0 aliphatic carbocycles. The first-order chi connectivity index (χ1) is 10.3. The number of rotatable bonds is 5. The van der Waals surface area contributed by atoms with E-state index >= 15 is 0 Å². The Balaban J connectivity index is 0.00000176. The molecule has 0 bridgehead atoms. The highest BCUT2D eigenvalue weighted by Gasteiger charge is 2.23. The number of aryl methyl sites for hydroxylation is 2. The second-order valence-corrected chi connectivity index (χ2v) is 5.57. The average molecular weight is 326 g/mol. The lowest BCUT2D eigenvalue weighted by atomic mass is 9.99. The quantitative estimate of drug-likeness (QED) is 0.905. The van der Waals surface area contributed by atoms with E-state index in [4.69, 9.17) is 0 Å². The number of nitrogens with one attached hydrogen (secondary N) is 1. The number of hydrogen-bond donors (Lipinski definition) is 1. The lowest BCUT2D eigenvalue weighted by Crippen LogP contribution is -2.31. The second kappa shape index (κ2) is 7.65. The van der Waals surface area contributed by atoms with Crippen molar-refractivity contribution in [2.45, 2.75) is 45.3 Å². The van der Waals surface area contributed by atoms with Crippen LogP contribution in [0.5, 0.6) is 0 Å². The number of hydrogen-bond acceptors (Lipinski definition) is 3. The normalized spacial score (nSPS) is 18.1. The van der Waals surface area contributed by atoms with Crippen LogP contribution in [0.15, 0.2) is 29.3 Å². The molecular weight excluding hydrogens is 302 g/mol. The summed E-state index contributed by atoms with van der Waals surface area (Å²) >= 11 is 0. The predicted octanol–water partition coefficient (Wildman–Crippen LogP) is 1.46. The monoisotopic (exact) mass is 325 g/mol. The Morgan fingerprint density at radius 3 is 2.73 bits per heavy atom. The van der Waals surface area contributed by atoms with Gasteiger partial charge >= 0.3 is 5.69 Å². The van der Waals surface area contributed by atoms with Crippen molar-refractivity contribution < 1.29 is 0 Å². The Labute approximate surface area is 136 Å². The molecule has 1 aliphatic heterocycles. The van der Waals surface area contributed by atoms with Gasteiger partial charge in [0.15, 0.2) is 0 Å². The molecule has 0 aromatic carbocycles. The summed E-state index contributed by atoms with van der Waals surface area (Å²) in [5, 5.41) is 8.02. The van der Waals surface area contributed by atoms with Gasteiger partial charge < -0.3 is 9.88 Å². The summed E-state index contributed by atoms with van der Waals surface area (Å²) in [6, 6.07) is 3.99. The van der Waals surface area contributed by atoms with Crippen LogP contribution < -0.4 is 11.0 Å². The molecule has 2 aromatic heterocycles. The minimum Gasteiger partial charge on any atom is -0.352 e. The summed E-state index contributed by atoms with van der Waals surface area (Å²) in [5.41, 5.74) is 0.0187. The maximum atomic E-state index is 12.5. The van der Waals surface area contributed by atoms with Crippen molar-refractivity contribution >= 4 is 12.4 Å². The van der Waals surface area contributed by atoms with Crippen LogP contribution in [0.3, 0.4) is 0 Å². The zero-order chi connectivity index (χ0) is 14.7. The van der Waals surface area contributed by atoms with Crippen LogP contribution in [0.2, 0.25) is 0 Å². The second-order valence-electron chi connectivity index (χ2n) is 5.57. The van der Waals surface area contributed by atoms with Crippen molar-refractivity contribution in [1.29, 1.82) is 0 Å². The highest BCUT2D eigenvalue weighted by atomic mass is 35.5. The van der Waals surface area contributed by atoms with Gasteiger partial charge in [-0.1, -0.05) is 0 Å². The lowest BCUT2D eigenvalue weighted by Gasteiger charge is -2.21. The molecule has 3 rings (SSSR count). The molecule has 122 valence electrons. The molecule has 0 amide bonds. The van der Waals surface area contributed by atoms with Gasteiger partial charge in [0.1, 0.15) is 5.82 Å². The van der Waals surface area contributed by atoms with E-state index in [1.54, 1.807) is 4.68 Å². The first kappa shape index (κ1) is 16.8.